The van der Waals surface area contributed by atoms with Crippen LogP contribution in [0.2, 0.25) is 0 Å². The Balaban J connectivity index is 1.74. The Morgan fingerprint density at radius 3 is 2.83 bits per heavy atom. The van der Waals surface area contributed by atoms with E-state index in [0.29, 0.717) is 6.42 Å². The molecule has 1 fully saturated rings. The zero-order valence-electron chi connectivity index (χ0n) is 14.0. The van der Waals surface area contributed by atoms with Crippen LogP contribution in [0.5, 0.6) is 0 Å². The molecule has 1 unspecified atom stereocenters. The number of nitrogens with one attached hydrogen (secondary N) is 1. The van der Waals surface area contributed by atoms with Gasteiger partial charge in [-0.3, -0.25) is 4.79 Å². The molecular formula is C18H25F3N2O. The van der Waals surface area contributed by atoms with Crippen molar-refractivity contribution in [2.24, 2.45) is 5.92 Å². The van der Waals surface area contributed by atoms with E-state index >= 15 is 0 Å². The lowest BCUT2D eigenvalue weighted by Crippen LogP contribution is -2.42. The van der Waals surface area contributed by atoms with Crippen LogP contribution in [0.4, 0.5) is 13.2 Å². The summed E-state index contributed by atoms with van der Waals surface area (Å²) >= 11 is 0. The number of piperidine rings is 1. The van der Waals surface area contributed by atoms with Gasteiger partial charge >= 0.3 is 6.18 Å². The molecule has 6 heteroatoms. The molecule has 1 aromatic carbocycles. The number of rotatable bonds is 6. The third-order valence-corrected chi connectivity index (χ3v) is 4.57. The summed E-state index contributed by atoms with van der Waals surface area (Å²) in [5, 5.41) is 2.70. The van der Waals surface area contributed by atoms with Crippen molar-refractivity contribution in [2.75, 3.05) is 26.7 Å². The highest BCUT2D eigenvalue weighted by molar-refractivity contribution is 5.78. The molecule has 0 bridgehead atoms. The number of benzene rings is 1. The van der Waals surface area contributed by atoms with Gasteiger partial charge in [-0.2, -0.15) is 13.2 Å². The number of likely N-dealkylation sites (tertiary alicyclic amines) is 1. The molecule has 0 aliphatic carbocycles. The van der Waals surface area contributed by atoms with Crippen LogP contribution in [-0.4, -0.2) is 37.5 Å². The van der Waals surface area contributed by atoms with Crippen molar-refractivity contribution < 1.29 is 18.0 Å². The minimum atomic E-state index is -4.28. The second kappa shape index (κ2) is 8.51. The quantitative estimate of drug-likeness (QED) is 0.803. The second-order valence-electron chi connectivity index (χ2n) is 6.41. The predicted octanol–water partition coefficient (Wildman–Crippen LogP) is 3.49. The number of hydrogen-bond donors (Lipinski definition) is 1. The molecule has 1 aliphatic heterocycles. The number of nitrogens with zero attached hydrogens (tertiary/aromatic N) is 1. The van der Waals surface area contributed by atoms with Crippen LogP contribution in [0, 0.1) is 5.92 Å². The summed E-state index contributed by atoms with van der Waals surface area (Å²) < 4.78 is 38.1. The molecule has 0 radical (unpaired) electrons. The first-order valence-electron chi connectivity index (χ1n) is 8.50. The van der Waals surface area contributed by atoms with Gasteiger partial charge in [-0.1, -0.05) is 18.2 Å². The number of unbranched alkanes of at least 4 members (excludes halogenated alkanes) is 1. The summed E-state index contributed by atoms with van der Waals surface area (Å²) in [6.45, 7) is 2.67. The van der Waals surface area contributed by atoms with E-state index in [1.54, 1.807) is 13.1 Å². The summed E-state index contributed by atoms with van der Waals surface area (Å²) in [6, 6.07) is 5.56. The Morgan fingerprint density at radius 1 is 1.33 bits per heavy atom. The highest BCUT2D eigenvalue weighted by Gasteiger charge is 2.30. The summed E-state index contributed by atoms with van der Waals surface area (Å²) in [7, 11) is 1.66. The number of hydrogen-bond acceptors (Lipinski definition) is 2. The first kappa shape index (κ1) is 18.8. The van der Waals surface area contributed by atoms with E-state index in [-0.39, 0.29) is 11.8 Å². The van der Waals surface area contributed by atoms with Crippen LogP contribution in [0.25, 0.3) is 0 Å². The summed E-state index contributed by atoms with van der Waals surface area (Å²) in [5.41, 5.74) is 0.149. The van der Waals surface area contributed by atoms with Gasteiger partial charge in [0.05, 0.1) is 11.5 Å². The number of alkyl halides is 3. The average molecular weight is 342 g/mol. The molecule has 0 spiro atoms. The monoisotopic (exact) mass is 342 g/mol. The van der Waals surface area contributed by atoms with Crippen molar-refractivity contribution in [1.29, 1.82) is 0 Å². The molecule has 2 rings (SSSR count). The minimum Gasteiger partial charge on any atom is -0.359 e. The smallest absolute Gasteiger partial charge is 0.359 e. The van der Waals surface area contributed by atoms with Crippen LogP contribution >= 0.6 is 0 Å². The van der Waals surface area contributed by atoms with Gasteiger partial charge in [0.25, 0.3) is 0 Å². The molecule has 1 N–H and O–H groups in total. The molecule has 1 saturated heterocycles. The molecule has 0 saturated carbocycles. The number of amides is 1. The molecule has 1 heterocycles. The van der Waals surface area contributed by atoms with Gasteiger partial charge in [0.15, 0.2) is 0 Å². The van der Waals surface area contributed by atoms with Gasteiger partial charge in [-0.05, 0) is 56.8 Å². The Hall–Kier alpha value is -1.56. The topological polar surface area (TPSA) is 32.3 Å². The van der Waals surface area contributed by atoms with E-state index in [4.69, 9.17) is 0 Å². The fourth-order valence-electron chi connectivity index (χ4n) is 3.24. The highest BCUT2D eigenvalue weighted by atomic mass is 19.4. The van der Waals surface area contributed by atoms with Crippen molar-refractivity contribution in [1.82, 2.24) is 10.2 Å². The fourth-order valence-corrected chi connectivity index (χ4v) is 3.24. The maximum atomic E-state index is 12.7. The fraction of sp³-hybridized carbons (Fsp3) is 0.611. The largest absolute Gasteiger partial charge is 0.416 e. The Labute approximate surface area is 141 Å². The normalized spacial score (nSPS) is 19.2. The molecular weight excluding hydrogens is 317 g/mol. The molecule has 1 aromatic rings. The van der Waals surface area contributed by atoms with Crippen LogP contribution in [0.3, 0.4) is 0 Å². The molecule has 0 aromatic heterocycles. The molecule has 1 aliphatic rings. The summed E-state index contributed by atoms with van der Waals surface area (Å²) in [5.74, 6) is 0.163. The van der Waals surface area contributed by atoms with E-state index in [1.807, 2.05) is 0 Å². The Bertz CT molecular complexity index is 545. The van der Waals surface area contributed by atoms with Gasteiger partial charge in [0, 0.05) is 13.6 Å². The minimum absolute atomic E-state index is 0.0622. The van der Waals surface area contributed by atoms with Crippen LogP contribution in [0.15, 0.2) is 24.3 Å². The van der Waals surface area contributed by atoms with Crippen molar-refractivity contribution in [2.45, 2.75) is 38.3 Å². The maximum absolute atomic E-state index is 12.7. The average Bonchev–Trinajstić information content (AvgIpc) is 2.58. The van der Waals surface area contributed by atoms with Crippen molar-refractivity contribution in [3.8, 4) is 0 Å². The van der Waals surface area contributed by atoms with E-state index in [1.165, 1.54) is 12.1 Å². The van der Waals surface area contributed by atoms with E-state index < -0.39 is 11.7 Å². The number of halogens is 3. The van der Waals surface area contributed by atoms with Gasteiger partial charge in [-0.25, -0.2) is 0 Å². The number of aryl methyl sites for hydroxylation is 1. The van der Waals surface area contributed by atoms with Crippen LogP contribution in [0.1, 0.15) is 36.8 Å². The van der Waals surface area contributed by atoms with Gasteiger partial charge in [0.2, 0.25) is 5.91 Å². The molecule has 134 valence electrons. The van der Waals surface area contributed by atoms with Crippen molar-refractivity contribution in [3.05, 3.63) is 35.4 Å². The molecule has 1 amide bonds. The Morgan fingerprint density at radius 2 is 2.12 bits per heavy atom. The van der Waals surface area contributed by atoms with Gasteiger partial charge in [0.1, 0.15) is 0 Å². The van der Waals surface area contributed by atoms with Crippen molar-refractivity contribution >= 4 is 5.91 Å². The van der Waals surface area contributed by atoms with E-state index in [9.17, 15) is 18.0 Å². The zero-order valence-corrected chi connectivity index (χ0v) is 14.0. The van der Waals surface area contributed by atoms with Crippen LogP contribution < -0.4 is 5.32 Å². The first-order valence-corrected chi connectivity index (χ1v) is 8.50. The molecule has 3 nitrogen and oxygen atoms in total. The third-order valence-electron chi connectivity index (χ3n) is 4.57. The standard InChI is InChI=1S/C18H25F3N2O/c1-22-17(24)15-8-5-11-23(13-15)10-3-2-6-14-7-4-9-16(12-14)18(19,20)21/h4,7,9,12,15H,2-3,5-6,8,10-11,13H2,1H3,(H,22,24). The lowest BCUT2D eigenvalue weighted by molar-refractivity contribution is -0.137. The summed E-state index contributed by atoms with van der Waals surface area (Å²) in [4.78, 5) is 14.0. The zero-order chi connectivity index (χ0) is 17.6. The lowest BCUT2D eigenvalue weighted by Gasteiger charge is -2.31. The van der Waals surface area contributed by atoms with E-state index in [2.05, 4.69) is 10.2 Å². The Kier molecular flexibility index (Phi) is 6.66. The first-order chi connectivity index (χ1) is 11.4. The summed E-state index contributed by atoms with van der Waals surface area (Å²) in [6.07, 6.45) is 0.0978. The van der Waals surface area contributed by atoms with E-state index in [0.717, 1.165) is 56.9 Å². The second-order valence-corrected chi connectivity index (χ2v) is 6.41. The number of carbonyl (C=O) groups is 1. The molecule has 24 heavy (non-hydrogen) atoms. The van der Waals surface area contributed by atoms with Gasteiger partial charge < -0.3 is 10.2 Å². The predicted molar refractivity (Wildman–Crippen MR) is 87.6 cm³/mol. The lowest BCUT2D eigenvalue weighted by atomic mass is 9.97. The molecule has 1 atom stereocenters. The SMILES string of the molecule is CNC(=O)C1CCCN(CCCCc2cccc(C(F)(F)F)c2)C1. The maximum Gasteiger partial charge on any atom is 0.416 e. The highest BCUT2D eigenvalue weighted by Crippen LogP contribution is 2.29. The third kappa shape index (κ3) is 5.51. The van der Waals surface area contributed by atoms with Gasteiger partial charge in [-0.15, -0.1) is 0 Å². The van der Waals surface area contributed by atoms with Crippen LogP contribution in [-0.2, 0) is 17.4 Å². The number of carbonyl (C=O) groups excluding carboxylic acids is 1. The van der Waals surface area contributed by atoms with Crippen molar-refractivity contribution in [3.63, 3.8) is 0 Å².